The van der Waals surface area contributed by atoms with Gasteiger partial charge in [0.2, 0.25) is 5.91 Å². The van der Waals surface area contributed by atoms with E-state index in [4.69, 9.17) is 15.8 Å². The van der Waals surface area contributed by atoms with Crippen molar-refractivity contribution in [2.75, 3.05) is 27.2 Å². The van der Waals surface area contributed by atoms with Gasteiger partial charge in [0.05, 0.1) is 6.04 Å². The van der Waals surface area contributed by atoms with Crippen LogP contribution in [0.5, 0.6) is 0 Å². The number of carbonyl (C=O) groups excluding carboxylic acids is 1. The van der Waals surface area contributed by atoms with Crippen LogP contribution in [0.1, 0.15) is 38.5 Å². The van der Waals surface area contributed by atoms with Crippen molar-refractivity contribution in [3.63, 3.8) is 0 Å². The Bertz CT molecular complexity index is 316. The Balaban J connectivity index is 2.22. The van der Waals surface area contributed by atoms with E-state index in [1.54, 1.807) is 19.0 Å². The highest BCUT2D eigenvalue weighted by Gasteiger charge is 2.31. The quantitative estimate of drug-likeness (QED) is 0.408. The molecular formula is C14H30BN3O3. The van der Waals surface area contributed by atoms with Gasteiger partial charge in [-0.15, -0.1) is 0 Å². The predicted molar refractivity (Wildman–Crippen MR) is 84.7 cm³/mol. The molecule has 7 heteroatoms. The number of nitrogens with zero attached hydrogens (tertiary/aromatic N) is 2. The second-order valence-corrected chi connectivity index (χ2v) is 6.24. The topological polar surface area (TPSA) is 90.0 Å². The van der Waals surface area contributed by atoms with E-state index in [0.29, 0.717) is 6.32 Å². The molecule has 1 aliphatic rings. The predicted octanol–water partition coefficient (Wildman–Crippen LogP) is -0.100. The first-order chi connectivity index (χ1) is 9.91. The van der Waals surface area contributed by atoms with Gasteiger partial charge >= 0.3 is 7.12 Å². The lowest BCUT2D eigenvalue weighted by Gasteiger charge is -2.27. The maximum Gasteiger partial charge on any atom is 0.451 e. The smallest absolute Gasteiger partial charge is 0.427 e. The number of amides is 1. The van der Waals surface area contributed by atoms with Gasteiger partial charge in [0, 0.05) is 26.7 Å². The molecule has 0 saturated carbocycles. The summed E-state index contributed by atoms with van der Waals surface area (Å²) in [6, 6.07) is 0.147. The van der Waals surface area contributed by atoms with Gasteiger partial charge in [-0.25, -0.2) is 0 Å². The van der Waals surface area contributed by atoms with Crippen molar-refractivity contribution in [2.45, 2.75) is 56.9 Å². The molecule has 1 rings (SSSR count). The van der Waals surface area contributed by atoms with E-state index in [1.807, 2.05) is 0 Å². The van der Waals surface area contributed by atoms with Crippen LogP contribution < -0.4 is 5.73 Å². The van der Waals surface area contributed by atoms with Crippen LogP contribution in [0.4, 0.5) is 0 Å². The van der Waals surface area contributed by atoms with Crippen LogP contribution in [-0.2, 0) is 4.79 Å². The van der Waals surface area contributed by atoms with Gasteiger partial charge in [0.1, 0.15) is 0 Å². The summed E-state index contributed by atoms with van der Waals surface area (Å²) in [5.41, 5.74) is 6.10. The Kier molecular flexibility index (Phi) is 8.25. The van der Waals surface area contributed by atoms with Gasteiger partial charge in [0.25, 0.3) is 0 Å². The Morgan fingerprint density at radius 1 is 1.38 bits per heavy atom. The lowest BCUT2D eigenvalue weighted by atomic mass is 9.83. The summed E-state index contributed by atoms with van der Waals surface area (Å²) in [5, 5.41) is 17.5. The van der Waals surface area contributed by atoms with E-state index in [1.165, 1.54) is 0 Å². The van der Waals surface area contributed by atoms with Crippen molar-refractivity contribution in [2.24, 2.45) is 5.73 Å². The molecule has 6 nitrogen and oxygen atoms in total. The number of likely N-dealkylation sites (N-methyl/N-ethyl adjacent to an activating group) is 1. The Morgan fingerprint density at radius 3 is 2.71 bits per heavy atom. The summed E-state index contributed by atoms with van der Waals surface area (Å²) in [4.78, 5) is 16.0. The molecule has 1 amide bonds. The van der Waals surface area contributed by atoms with Crippen LogP contribution in [0.25, 0.3) is 0 Å². The second kappa shape index (κ2) is 9.40. The number of hydrogen-bond acceptors (Lipinski definition) is 5. The Hall–Kier alpha value is -0.625. The first kappa shape index (κ1) is 18.4. The molecule has 1 heterocycles. The number of nitrogens with two attached hydrogens (primary N) is 1. The lowest BCUT2D eigenvalue weighted by molar-refractivity contribution is -0.133. The highest BCUT2D eigenvalue weighted by molar-refractivity contribution is 6.40. The largest absolute Gasteiger partial charge is 0.451 e. The number of unbranched alkanes of at least 4 members (excludes halogenated alkanes) is 1. The zero-order valence-electron chi connectivity index (χ0n) is 13.4. The van der Waals surface area contributed by atoms with Crippen LogP contribution in [0.2, 0.25) is 6.32 Å². The normalized spacial score (nSPS) is 20.5. The fourth-order valence-corrected chi connectivity index (χ4v) is 2.88. The van der Waals surface area contributed by atoms with Crippen molar-refractivity contribution in [3.8, 4) is 0 Å². The van der Waals surface area contributed by atoms with Gasteiger partial charge in [-0.05, 0) is 38.5 Å². The van der Waals surface area contributed by atoms with E-state index in [9.17, 15) is 4.79 Å². The summed E-state index contributed by atoms with van der Waals surface area (Å²) in [7, 11) is 2.41. The Labute approximate surface area is 128 Å². The molecule has 0 radical (unpaired) electrons. The van der Waals surface area contributed by atoms with Crippen molar-refractivity contribution >= 4 is 13.0 Å². The summed E-state index contributed by atoms with van der Waals surface area (Å²) in [6.45, 7) is 1.85. The summed E-state index contributed by atoms with van der Waals surface area (Å²) < 4.78 is 0. The standard InChI is InChI=1S/C14H30BN3O3/c1-17(2)14(19)13-7-5-10-18(13)11-8-12(16)6-3-4-9-15(20)21/h12-13,20-21H,3-11,16H2,1-2H3. The third-order valence-electron chi connectivity index (χ3n) is 4.16. The maximum atomic E-state index is 12.1. The van der Waals surface area contributed by atoms with Crippen LogP contribution in [-0.4, -0.2) is 72.1 Å². The highest BCUT2D eigenvalue weighted by Crippen LogP contribution is 2.19. The molecule has 0 aromatic heterocycles. The molecule has 122 valence electrons. The summed E-state index contributed by atoms with van der Waals surface area (Å²) >= 11 is 0. The fourth-order valence-electron chi connectivity index (χ4n) is 2.88. The number of rotatable bonds is 9. The third kappa shape index (κ3) is 6.78. The van der Waals surface area contributed by atoms with E-state index < -0.39 is 7.12 Å². The molecular weight excluding hydrogens is 269 g/mol. The van der Waals surface area contributed by atoms with Gasteiger partial charge in [-0.2, -0.15) is 0 Å². The minimum absolute atomic E-state index is 0.0248. The SMILES string of the molecule is CN(C)C(=O)C1CCCN1CCC(N)CCCCB(O)O. The zero-order valence-corrected chi connectivity index (χ0v) is 13.4. The third-order valence-corrected chi connectivity index (χ3v) is 4.16. The van der Waals surface area contributed by atoms with Gasteiger partial charge < -0.3 is 20.7 Å². The maximum absolute atomic E-state index is 12.1. The molecule has 2 atom stereocenters. The number of likely N-dealkylation sites (tertiary alicyclic amines) is 1. The number of hydrogen-bond donors (Lipinski definition) is 3. The van der Waals surface area contributed by atoms with E-state index in [2.05, 4.69) is 4.90 Å². The van der Waals surface area contributed by atoms with E-state index in [0.717, 1.165) is 51.6 Å². The minimum Gasteiger partial charge on any atom is -0.427 e. The van der Waals surface area contributed by atoms with Crippen LogP contribution in [0.3, 0.4) is 0 Å². The molecule has 0 spiro atoms. The lowest BCUT2D eigenvalue weighted by Crippen LogP contribution is -2.44. The molecule has 0 bridgehead atoms. The van der Waals surface area contributed by atoms with Gasteiger partial charge in [0.15, 0.2) is 0 Å². The second-order valence-electron chi connectivity index (χ2n) is 6.24. The highest BCUT2D eigenvalue weighted by atomic mass is 16.4. The van der Waals surface area contributed by atoms with E-state index >= 15 is 0 Å². The van der Waals surface area contributed by atoms with E-state index in [-0.39, 0.29) is 18.0 Å². The molecule has 0 aliphatic carbocycles. The molecule has 4 N–H and O–H groups in total. The minimum atomic E-state index is -1.20. The molecule has 2 unspecified atom stereocenters. The van der Waals surface area contributed by atoms with Crippen molar-refractivity contribution in [1.82, 2.24) is 9.80 Å². The van der Waals surface area contributed by atoms with Crippen LogP contribution in [0.15, 0.2) is 0 Å². The molecule has 0 aromatic rings. The zero-order chi connectivity index (χ0) is 15.8. The fraction of sp³-hybridized carbons (Fsp3) is 0.929. The average molecular weight is 299 g/mol. The molecule has 1 fully saturated rings. The molecule has 1 saturated heterocycles. The van der Waals surface area contributed by atoms with Crippen molar-refractivity contribution < 1.29 is 14.8 Å². The first-order valence-electron chi connectivity index (χ1n) is 7.98. The monoisotopic (exact) mass is 299 g/mol. The van der Waals surface area contributed by atoms with Gasteiger partial charge in [-0.3, -0.25) is 9.69 Å². The molecule has 1 aliphatic heterocycles. The van der Waals surface area contributed by atoms with Crippen LogP contribution >= 0.6 is 0 Å². The average Bonchev–Trinajstić information content (AvgIpc) is 2.88. The van der Waals surface area contributed by atoms with Crippen molar-refractivity contribution in [3.05, 3.63) is 0 Å². The van der Waals surface area contributed by atoms with Crippen LogP contribution in [0, 0.1) is 0 Å². The summed E-state index contributed by atoms with van der Waals surface area (Å²) in [6.07, 6.45) is 5.92. The van der Waals surface area contributed by atoms with Gasteiger partial charge in [-0.1, -0.05) is 12.8 Å². The van der Waals surface area contributed by atoms with Crippen molar-refractivity contribution in [1.29, 1.82) is 0 Å². The first-order valence-corrected chi connectivity index (χ1v) is 7.98. The molecule has 21 heavy (non-hydrogen) atoms. The Morgan fingerprint density at radius 2 is 2.10 bits per heavy atom. The number of carbonyl (C=O) groups is 1. The molecule has 0 aromatic carbocycles. The summed E-state index contributed by atoms with van der Waals surface area (Å²) in [5.74, 6) is 0.193.